The van der Waals surface area contributed by atoms with Gasteiger partial charge in [0.1, 0.15) is 0 Å². The molecule has 0 nitrogen and oxygen atoms in total. The third kappa shape index (κ3) is 1.46. The molecule has 0 aromatic heterocycles. The van der Waals surface area contributed by atoms with Gasteiger partial charge in [-0.25, -0.2) is 0 Å². The molecule has 0 aliphatic heterocycles. The summed E-state index contributed by atoms with van der Waals surface area (Å²) in [5.41, 5.74) is 4.54. The van der Waals surface area contributed by atoms with Crippen LogP contribution in [0.25, 0.3) is 6.08 Å². The summed E-state index contributed by atoms with van der Waals surface area (Å²) in [5.74, 6) is 0. The lowest BCUT2D eigenvalue weighted by atomic mass is 10.0. The number of allylic oxidation sites excluding steroid dienone is 1. The van der Waals surface area contributed by atoms with Gasteiger partial charge in [-0.05, 0) is 30.0 Å². The number of benzene rings is 1. The molecule has 0 amide bonds. The molecule has 0 saturated carbocycles. The third-order valence-electron chi connectivity index (χ3n) is 3.01. The van der Waals surface area contributed by atoms with Crippen molar-refractivity contribution in [2.45, 2.75) is 33.0 Å². The van der Waals surface area contributed by atoms with Gasteiger partial charge in [-0.1, -0.05) is 49.1 Å². The van der Waals surface area contributed by atoms with Gasteiger partial charge in [0, 0.05) is 0 Å². The summed E-state index contributed by atoms with van der Waals surface area (Å²) in [4.78, 5) is 0. The van der Waals surface area contributed by atoms with Crippen molar-refractivity contribution in [1.82, 2.24) is 0 Å². The first-order valence-electron chi connectivity index (χ1n) is 5.29. The Bertz CT molecular complexity index is 394. The molecule has 0 unspecified atom stereocenters. The summed E-state index contributed by atoms with van der Waals surface area (Å²) >= 11 is 0. The fourth-order valence-electron chi connectivity index (χ4n) is 2.18. The molecule has 1 aromatic rings. The highest BCUT2D eigenvalue weighted by molar-refractivity contribution is 6.89. The standard InChI is InChI=1S/C13H18Si/c1-10-8-9-13(14(2,3)4)12-7-5-6-11(10)12/h5,7-9H,6H2,1-4H3. The normalized spacial score (nSPS) is 14.6. The van der Waals surface area contributed by atoms with E-state index in [1.807, 2.05) is 0 Å². The monoisotopic (exact) mass is 202 g/mol. The zero-order valence-corrected chi connectivity index (χ0v) is 10.5. The second kappa shape index (κ2) is 3.09. The molecule has 0 heterocycles. The molecule has 0 N–H and O–H groups in total. The van der Waals surface area contributed by atoms with Gasteiger partial charge in [0.25, 0.3) is 0 Å². The van der Waals surface area contributed by atoms with Gasteiger partial charge in [0.05, 0.1) is 8.07 Å². The van der Waals surface area contributed by atoms with Crippen LogP contribution < -0.4 is 5.19 Å². The van der Waals surface area contributed by atoms with Crippen molar-refractivity contribution < 1.29 is 0 Å². The van der Waals surface area contributed by atoms with E-state index < -0.39 is 8.07 Å². The van der Waals surface area contributed by atoms with Crippen molar-refractivity contribution >= 4 is 19.3 Å². The van der Waals surface area contributed by atoms with Gasteiger partial charge in [-0.15, -0.1) is 0 Å². The van der Waals surface area contributed by atoms with Crippen LogP contribution in [0.3, 0.4) is 0 Å². The topological polar surface area (TPSA) is 0 Å². The van der Waals surface area contributed by atoms with E-state index in [2.05, 4.69) is 50.8 Å². The number of fused-ring (bicyclic) bond motifs is 1. The van der Waals surface area contributed by atoms with Crippen molar-refractivity contribution in [2.75, 3.05) is 0 Å². The Morgan fingerprint density at radius 3 is 2.50 bits per heavy atom. The lowest BCUT2D eigenvalue weighted by molar-refractivity contribution is 1.25. The molecule has 1 aliphatic carbocycles. The van der Waals surface area contributed by atoms with Gasteiger partial charge < -0.3 is 0 Å². The minimum absolute atomic E-state index is 1.14. The quantitative estimate of drug-likeness (QED) is 0.614. The average Bonchev–Trinajstić information content (AvgIpc) is 2.50. The highest BCUT2D eigenvalue weighted by Crippen LogP contribution is 2.23. The van der Waals surface area contributed by atoms with Crippen molar-refractivity contribution in [2.24, 2.45) is 0 Å². The Morgan fingerprint density at radius 1 is 1.14 bits per heavy atom. The summed E-state index contributed by atoms with van der Waals surface area (Å²) < 4.78 is 0. The van der Waals surface area contributed by atoms with Gasteiger partial charge in [-0.3, -0.25) is 0 Å². The van der Waals surface area contributed by atoms with Crippen molar-refractivity contribution in [3.8, 4) is 0 Å². The molecule has 1 heteroatoms. The predicted molar refractivity (Wildman–Crippen MR) is 66.9 cm³/mol. The Hall–Kier alpha value is -0.823. The molecule has 0 saturated heterocycles. The Kier molecular flexibility index (Phi) is 2.15. The lowest BCUT2D eigenvalue weighted by Crippen LogP contribution is -2.39. The maximum Gasteiger partial charge on any atom is 0.0783 e. The summed E-state index contributed by atoms with van der Waals surface area (Å²) in [6.07, 6.45) is 5.75. The van der Waals surface area contributed by atoms with E-state index in [1.165, 1.54) is 11.1 Å². The molecule has 0 atom stereocenters. The first-order chi connectivity index (χ1) is 6.50. The van der Waals surface area contributed by atoms with Crippen molar-refractivity contribution in [1.29, 1.82) is 0 Å². The molecular weight excluding hydrogens is 184 g/mol. The molecule has 2 rings (SSSR count). The summed E-state index contributed by atoms with van der Waals surface area (Å²) in [6.45, 7) is 9.48. The van der Waals surface area contributed by atoms with Crippen LogP contribution >= 0.6 is 0 Å². The van der Waals surface area contributed by atoms with E-state index in [0.717, 1.165) is 6.42 Å². The van der Waals surface area contributed by atoms with Crippen LogP contribution in [-0.2, 0) is 6.42 Å². The van der Waals surface area contributed by atoms with Crippen LogP contribution in [0.2, 0.25) is 19.6 Å². The molecule has 0 bridgehead atoms. The van der Waals surface area contributed by atoms with E-state index in [-0.39, 0.29) is 0 Å². The maximum atomic E-state index is 2.42. The van der Waals surface area contributed by atoms with Crippen molar-refractivity contribution in [3.63, 3.8) is 0 Å². The van der Waals surface area contributed by atoms with E-state index in [1.54, 1.807) is 10.8 Å². The minimum atomic E-state index is -1.16. The van der Waals surface area contributed by atoms with E-state index in [4.69, 9.17) is 0 Å². The third-order valence-corrected chi connectivity index (χ3v) is 5.06. The van der Waals surface area contributed by atoms with Crippen molar-refractivity contribution in [3.05, 3.63) is 34.9 Å². The summed E-state index contributed by atoms with van der Waals surface area (Å²) in [5, 5.41) is 1.62. The Labute approximate surface area is 87.7 Å². The van der Waals surface area contributed by atoms with Gasteiger partial charge in [0.2, 0.25) is 0 Å². The van der Waals surface area contributed by atoms with Crippen LogP contribution in [-0.4, -0.2) is 8.07 Å². The van der Waals surface area contributed by atoms with Gasteiger partial charge in [-0.2, -0.15) is 0 Å². The van der Waals surface area contributed by atoms with Gasteiger partial charge in [0.15, 0.2) is 0 Å². The van der Waals surface area contributed by atoms with Crippen LogP contribution in [0.1, 0.15) is 16.7 Å². The van der Waals surface area contributed by atoms with Crippen LogP contribution in [0.5, 0.6) is 0 Å². The fraction of sp³-hybridized carbons (Fsp3) is 0.385. The highest BCUT2D eigenvalue weighted by atomic mass is 28.3. The maximum absolute atomic E-state index is 2.42. The first kappa shape index (κ1) is 9.72. The molecule has 0 fully saturated rings. The first-order valence-corrected chi connectivity index (χ1v) is 8.79. The number of aryl methyl sites for hydroxylation is 1. The Morgan fingerprint density at radius 2 is 1.86 bits per heavy atom. The van der Waals surface area contributed by atoms with Crippen LogP contribution in [0.4, 0.5) is 0 Å². The predicted octanol–water partition coefficient (Wildman–Crippen LogP) is 3.11. The molecule has 0 radical (unpaired) electrons. The van der Waals surface area contributed by atoms with Crippen LogP contribution in [0.15, 0.2) is 18.2 Å². The van der Waals surface area contributed by atoms with E-state index >= 15 is 0 Å². The highest BCUT2D eigenvalue weighted by Gasteiger charge is 2.22. The Balaban J connectivity index is 2.65. The zero-order chi connectivity index (χ0) is 10.3. The molecule has 0 spiro atoms. The smallest absolute Gasteiger partial charge is 0.0783 e. The molecule has 1 aliphatic rings. The molecule has 74 valence electrons. The van der Waals surface area contributed by atoms with E-state index in [9.17, 15) is 0 Å². The number of hydrogen-bond acceptors (Lipinski definition) is 0. The SMILES string of the molecule is Cc1ccc([Si](C)(C)C)c2c1CC=C2. The second-order valence-electron chi connectivity index (χ2n) is 5.18. The minimum Gasteiger partial charge on any atom is -0.0795 e. The van der Waals surface area contributed by atoms with E-state index in [0.29, 0.717) is 0 Å². The number of rotatable bonds is 1. The average molecular weight is 202 g/mol. The lowest BCUT2D eigenvalue weighted by Gasteiger charge is -2.21. The molecule has 14 heavy (non-hydrogen) atoms. The molecule has 1 aromatic carbocycles. The van der Waals surface area contributed by atoms with Crippen LogP contribution in [0, 0.1) is 6.92 Å². The fourth-order valence-corrected chi connectivity index (χ4v) is 3.81. The number of hydrogen-bond donors (Lipinski definition) is 0. The second-order valence-corrected chi connectivity index (χ2v) is 10.2. The zero-order valence-electron chi connectivity index (χ0n) is 9.52. The summed E-state index contributed by atoms with van der Waals surface area (Å²) in [7, 11) is -1.16. The van der Waals surface area contributed by atoms with Gasteiger partial charge >= 0.3 is 0 Å². The largest absolute Gasteiger partial charge is 0.0795 e. The summed E-state index contributed by atoms with van der Waals surface area (Å²) in [6, 6.07) is 4.63. The molecular formula is C13H18Si.